The highest BCUT2D eigenvalue weighted by molar-refractivity contribution is 7.80. The molecule has 4 heteroatoms. The normalized spacial score (nSPS) is 18.8. The molecule has 1 aromatic carbocycles. The van der Waals surface area contributed by atoms with E-state index in [0.717, 1.165) is 37.4 Å². The van der Waals surface area contributed by atoms with Gasteiger partial charge in [-0.1, -0.05) is 24.4 Å². The fourth-order valence-electron chi connectivity index (χ4n) is 2.39. The molecule has 3 nitrogen and oxygen atoms in total. The second kappa shape index (κ2) is 6.16. The Labute approximate surface area is 114 Å². The molecule has 0 aliphatic carbocycles. The van der Waals surface area contributed by atoms with E-state index in [1.54, 1.807) is 0 Å². The molecule has 0 amide bonds. The van der Waals surface area contributed by atoms with Gasteiger partial charge in [-0.05, 0) is 31.9 Å². The van der Waals surface area contributed by atoms with E-state index in [-0.39, 0.29) is 0 Å². The van der Waals surface area contributed by atoms with Gasteiger partial charge in [0, 0.05) is 30.9 Å². The van der Waals surface area contributed by atoms with Crippen molar-refractivity contribution in [2.45, 2.75) is 25.9 Å². The average molecular weight is 264 g/mol. The monoisotopic (exact) mass is 264 g/mol. The van der Waals surface area contributed by atoms with Crippen molar-refractivity contribution in [3.05, 3.63) is 29.8 Å². The minimum absolute atomic E-state index is 0.337. The Hall–Kier alpha value is -1.13. The van der Waals surface area contributed by atoms with E-state index >= 15 is 0 Å². The smallest absolute Gasteiger partial charge is 0.106 e. The van der Waals surface area contributed by atoms with Crippen LogP contribution in [-0.2, 0) is 4.74 Å². The van der Waals surface area contributed by atoms with E-state index in [2.05, 4.69) is 17.9 Å². The van der Waals surface area contributed by atoms with Crippen molar-refractivity contribution < 1.29 is 4.74 Å². The molecule has 1 heterocycles. The largest absolute Gasteiger partial charge is 0.389 e. The number of hydrogen-bond acceptors (Lipinski definition) is 3. The predicted octanol–water partition coefficient (Wildman–Crippen LogP) is 2.33. The molecule has 1 aliphatic heterocycles. The van der Waals surface area contributed by atoms with Gasteiger partial charge in [0.2, 0.25) is 0 Å². The van der Waals surface area contributed by atoms with Crippen LogP contribution in [0.1, 0.15) is 25.3 Å². The fourth-order valence-corrected chi connectivity index (χ4v) is 2.56. The molecule has 0 aromatic heterocycles. The molecule has 1 atom stereocenters. The lowest BCUT2D eigenvalue weighted by Gasteiger charge is -2.27. The van der Waals surface area contributed by atoms with Gasteiger partial charge >= 0.3 is 0 Å². The maximum Gasteiger partial charge on any atom is 0.106 e. The Morgan fingerprint density at radius 1 is 1.50 bits per heavy atom. The average Bonchev–Trinajstić information content (AvgIpc) is 2.88. The second-order valence-electron chi connectivity index (χ2n) is 4.56. The summed E-state index contributed by atoms with van der Waals surface area (Å²) in [7, 11) is 0. The van der Waals surface area contributed by atoms with Crippen LogP contribution in [0.15, 0.2) is 24.3 Å². The number of rotatable bonds is 5. The number of likely N-dealkylation sites (N-methyl/N-ethyl adjacent to an activating group) is 1. The van der Waals surface area contributed by atoms with Crippen molar-refractivity contribution in [3.8, 4) is 0 Å². The topological polar surface area (TPSA) is 38.5 Å². The molecular weight excluding hydrogens is 244 g/mol. The van der Waals surface area contributed by atoms with Crippen LogP contribution < -0.4 is 10.6 Å². The number of para-hydroxylation sites is 1. The first-order valence-corrected chi connectivity index (χ1v) is 6.88. The molecule has 0 spiro atoms. The third-order valence-corrected chi connectivity index (χ3v) is 3.56. The lowest BCUT2D eigenvalue weighted by molar-refractivity contribution is 0.115. The van der Waals surface area contributed by atoms with Crippen molar-refractivity contribution in [1.82, 2.24) is 0 Å². The summed E-state index contributed by atoms with van der Waals surface area (Å²) in [6, 6.07) is 8.05. The van der Waals surface area contributed by atoms with E-state index in [1.165, 1.54) is 6.42 Å². The van der Waals surface area contributed by atoms with Gasteiger partial charge in [0.05, 0.1) is 6.10 Å². The Bertz CT molecular complexity index is 416. The number of nitrogens with zero attached hydrogens (tertiary/aromatic N) is 1. The van der Waals surface area contributed by atoms with Crippen LogP contribution in [0.25, 0.3) is 0 Å². The highest BCUT2D eigenvalue weighted by Gasteiger charge is 2.20. The van der Waals surface area contributed by atoms with Crippen molar-refractivity contribution in [2.24, 2.45) is 5.73 Å². The van der Waals surface area contributed by atoms with Gasteiger partial charge in [0.1, 0.15) is 4.99 Å². The zero-order chi connectivity index (χ0) is 13.0. The summed E-state index contributed by atoms with van der Waals surface area (Å²) < 4.78 is 5.70. The van der Waals surface area contributed by atoms with Gasteiger partial charge < -0.3 is 15.4 Å². The first-order chi connectivity index (χ1) is 8.72. The van der Waals surface area contributed by atoms with Crippen LogP contribution in [0.3, 0.4) is 0 Å². The van der Waals surface area contributed by atoms with Crippen molar-refractivity contribution >= 4 is 22.9 Å². The number of hydrogen-bond donors (Lipinski definition) is 1. The number of nitrogens with two attached hydrogens (primary N) is 1. The van der Waals surface area contributed by atoms with Crippen molar-refractivity contribution in [3.63, 3.8) is 0 Å². The molecule has 18 heavy (non-hydrogen) atoms. The molecule has 2 rings (SSSR count). The molecule has 0 bridgehead atoms. The van der Waals surface area contributed by atoms with Crippen LogP contribution in [-0.4, -0.2) is 30.8 Å². The Kier molecular flexibility index (Phi) is 4.55. The molecule has 0 saturated carbocycles. The Balaban J connectivity index is 2.18. The zero-order valence-corrected chi connectivity index (χ0v) is 11.6. The van der Waals surface area contributed by atoms with Gasteiger partial charge in [-0.25, -0.2) is 0 Å². The van der Waals surface area contributed by atoms with Crippen LogP contribution in [0, 0.1) is 0 Å². The van der Waals surface area contributed by atoms with Gasteiger partial charge in [-0.2, -0.15) is 0 Å². The molecule has 1 aromatic rings. The first-order valence-electron chi connectivity index (χ1n) is 6.47. The number of thiocarbonyl (C=S) groups is 1. The SMILES string of the molecule is CCN(CC1CCCO1)c1ccccc1C(N)=S. The number of anilines is 1. The van der Waals surface area contributed by atoms with E-state index in [1.807, 2.05) is 18.2 Å². The van der Waals surface area contributed by atoms with Gasteiger partial charge in [-0.15, -0.1) is 0 Å². The Morgan fingerprint density at radius 2 is 2.28 bits per heavy atom. The summed E-state index contributed by atoms with van der Waals surface area (Å²) >= 11 is 5.12. The summed E-state index contributed by atoms with van der Waals surface area (Å²) in [6.07, 6.45) is 2.65. The molecule has 0 radical (unpaired) electrons. The van der Waals surface area contributed by atoms with Crippen molar-refractivity contribution in [2.75, 3.05) is 24.6 Å². The third-order valence-electron chi connectivity index (χ3n) is 3.34. The quantitative estimate of drug-likeness (QED) is 0.828. The maximum absolute atomic E-state index is 5.79. The number of benzene rings is 1. The van der Waals surface area contributed by atoms with Crippen LogP contribution in [0.2, 0.25) is 0 Å². The third kappa shape index (κ3) is 3.00. The van der Waals surface area contributed by atoms with Crippen LogP contribution >= 0.6 is 12.2 Å². The second-order valence-corrected chi connectivity index (χ2v) is 4.99. The molecular formula is C14H20N2OS. The lowest BCUT2D eigenvalue weighted by atomic mass is 10.1. The summed E-state index contributed by atoms with van der Waals surface area (Å²) in [5.74, 6) is 0. The fraction of sp³-hybridized carbons (Fsp3) is 0.500. The standard InChI is InChI=1S/C14H20N2OS/c1-2-16(10-11-6-5-9-17-11)13-8-4-3-7-12(13)14(15)18/h3-4,7-8,11H,2,5-6,9-10H2,1H3,(H2,15,18). The van der Waals surface area contributed by atoms with Crippen molar-refractivity contribution in [1.29, 1.82) is 0 Å². The lowest BCUT2D eigenvalue weighted by Crippen LogP contribution is -2.33. The summed E-state index contributed by atoms with van der Waals surface area (Å²) in [5.41, 5.74) is 7.85. The van der Waals surface area contributed by atoms with Crippen LogP contribution in [0.5, 0.6) is 0 Å². The van der Waals surface area contributed by atoms with E-state index in [9.17, 15) is 0 Å². The summed E-state index contributed by atoms with van der Waals surface area (Å²) in [5, 5.41) is 0. The molecule has 1 saturated heterocycles. The van der Waals surface area contributed by atoms with Crippen LogP contribution in [0.4, 0.5) is 5.69 Å². The maximum atomic E-state index is 5.79. The van der Waals surface area contributed by atoms with E-state index in [4.69, 9.17) is 22.7 Å². The van der Waals surface area contributed by atoms with Gasteiger partial charge in [-0.3, -0.25) is 0 Å². The minimum Gasteiger partial charge on any atom is -0.389 e. The molecule has 1 aliphatic rings. The summed E-state index contributed by atoms with van der Waals surface area (Å²) in [4.78, 5) is 2.75. The number of ether oxygens (including phenoxy) is 1. The summed E-state index contributed by atoms with van der Waals surface area (Å²) in [6.45, 7) is 4.88. The van der Waals surface area contributed by atoms with E-state index in [0.29, 0.717) is 11.1 Å². The molecule has 1 fully saturated rings. The minimum atomic E-state index is 0.337. The molecule has 2 N–H and O–H groups in total. The highest BCUT2D eigenvalue weighted by Crippen LogP contribution is 2.23. The molecule has 98 valence electrons. The van der Waals surface area contributed by atoms with Gasteiger partial charge in [0.15, 0.2) is 0 Å². The predicted molar refractivity (Wildman–Crippen MR) is 79.2 cm³/mol. The molecule has 1 unspecified atom stereocenters. The zero-order valence-electron chi connectivity index (χ0n) is 10.8. The Morgan fingerprint density at radius 3 is 2.89 bits per heavy atom. The first kappa shape index (κ1) is 13.3. The highest BCUT2D eigenvalue weighted by atomic mass is 32.1. The van der Waals surface area contributed by atoms with Gasteiger partial charge in [0.25, 0.3) is 0 Å². The van der Waals surface area contributed by atoms with E-state index < -0.39 is 0 Å².